The zero-order valence-electron chi connectivity index (χ0n) is 19.3. The Morgan fingerprint density at radius 1 is 0.533 bits per heavy atom. The fourth-order valence-corrected chi connectivity index (χ4v) is 7.69. The van der Waals surface area contributed by atoms with Crippen LogP contribution in [-0.4, -0.2) is 82.2 Å². The molecule has 0 aliphatic heterocycles. The molecule has 0 aliphatic rings. The van der Waals surface area contributed by atoms with E-state index in [4.69, 9.17) is 26.6 Å². The number of rotatable bonds is 18. The summed E-state index contributed by atoms with van der Waals surface area (Å²) in [6, 6.07) is 0.771. The number of carbonyl (C=O) groups excluding carboxylic acids is 2. The molecule has 0 aromatic rings. The highest BCUT2D eigenvalue weighted by Crippen LogP contribution is 2.16. The largest absolute Gasteiger partial charge is 0.502 e. The van der Waals surface area contributed by atoms with Gasteiger partial charge in [0.15, 0.2) is 0 Å². The minimum atomic E-state index is -2.87. The molecule has 0 aliphatic carbocycles. The van der Waals surface area contributed by atoms with E-state index >= 15 is 0 Å². The maximum Gasteiger partial charge on any atom is 0.502 e. The summed E-state index contributed by atoms with van der Waals surface area (Å²) in [5, 5.41) is 5.19. The van der Waals surface area contributed by atoms with Crippen molar-refractivity contribution in [3.05, 3.63) is 0 Å². The second-order valence-corrected chi connectivity index (χ2v) is 11.4. The smallest absolute Gasteiger partial charge is 0.374 e. The van der Waals surface area contributed by atoms with Gasteiger partial charge in [-0.05, 0) is 41.5 Å². The lowest BCUT2D eigenvalue weighted by Crippen LogP contribution is -2.50. The Bertz CT molecular complexity index is 409. The Hall–Kier alpha value is -0.866. The first-order valence-electron chi connectivity index (χ1n) is 10.8. The molecule has 0 aromatic heterocycles. The van der Waals surface area contributed by atoms with E-state index in [1.165, 1.54) is 0 Å². The van der Waals surface area contributed by atoms with Crippen LogP contribution >= 0.6 is 0 Å². The van der Waals surface area contributed by atoms with Crippen LogP contribution in [0.4, 0.5) is 0 Å². The Balaban J connectivity index is 4.60. The molecular formula is C18H40N2O8Si2. The van der Waals surface area contributed by atoms with Crippen LogP contribution < -0.4 is 10.6 Å². The lowest BCUT2D eigenvalue weighted by atomic mass is 10.5. The lowest BCUT2D eigenvalue weighted by molar-refractivity contribution is -0.139. The Kier molecular flexibility index (Phi) is 16.3. The molecule has 2 amide bonds. The van der Waals surface area contributed by atoms with E-state index in [9.17, 15) is 9.59 Å². The molecule has 0 spiro atoms. The van der Waals surface area contributed by atoms with Crippen molar-refractivity contribution in [3.8, 4) is 0 Å². The van der Waals surface area contributed by atoms with Gasteiger partial charge in [0.25, 0.3) is 0 Å². The predicted octanol–water partition coefficient (Wildman–Crippen LogP) is 1.32. The van der Waals surface area contributed by atoms with Crippen molar-refractivity contribution in [1.29, 1.82) is 0 Å². The molecule has 30 heavy (non-hydrogen) atoms. The maximum atomic E-state index is 12.1. The van der Waals surface area contributed by atoms with Gasteiger partial charge in [-0.3, -0.25) is 9.59 Å². The van der Waals surface area contributed by atoms with Crippen molar-refractivity contribution in [2.75, 3.05) is 52.7 Å². The topological polar surface area (TPSA) is 114 Å². The van der Waals surface area contributed by atoms with Gasteiger partial charge in [0.05, 0.1) is 0 Å². The summed E-state index contributed by atoms with van der Waals surface area (Å²) in [6.07, 6.45) is 0. The number of amides is 2. The van der Waals surface area contributed by atoms with Crippen LogP contribution in [0.25, 0.3) is 0 Å². The Labute approximate surface area is 183 Å². The molecule has 10 nitrogen and oxygen atoms in total. The van der Waals surface area contributed by atoms with Gasteiger partial charge >= 0.3 is 29.4 Å². The minimum absolute atomic E-state index is 0.216. The molecule has 0 heterocycles. The van der Waals surface area contributed by atoms with Crippen LogP contribution in [0.2, 0.25) is 12.1 Å². The van der Waals surface area contributed by atoms with E-state index in [0.29, 0.717) is 51.7 Å². The van der Waals surface area contributed by atoms with Gasteiger partial charge in [-0.1, -0.05) is 0 Å². The van der Waals surface area contributed by atoms with Crippen LogP contribution in [0.5, 0.6) is 0 Å². The normalized spacial score (nSPS) is 12.1. The summed E-state index contributed by atoms with van der Waals surface area (Å²) in [7, 11) is -5.73. The van der Waals surface area contributed by atoms with Crippen molar-refractivity contribution in [3.63, 3.8) is 0 Å². The molecule has 0 saturated carbocycles. The van der Waals surface area contributed by atoms with Crippen LogP contribution in [0.1, 0.15) is 41.5 Å². The first-order chi connectivity index (χ1) is 14.4. The fraction of sp³-hybridized carbons (Fsp3) is 0.889. The summed E-state index contributed by atoms with van der Waals surface area (Å²) in [5.41, 5.74) is 0. The van der Waals surface area contributed by atoms with Gasteiger partial charge in [-0.15, -0.1) is 0 Å². The summed E-state index contributed by atoms with van der Waals surface area (Å²) in [6.45, 7) is 14.3. The molecule has 0 atom stereocenters. The highest BCUT2D eigenvalue weighted by atomic mass is 28.4. The van der Waals surface area contributed by atoms with Crippen molar-refractivity contribution < 1.29 is 36.1 Å². The molecule has 2 N–H and O–H groups in total. The number of nitrogens with one attached hydrogen (secondary N) is 2. The molecule has 178 valence electrons. The average molecular weight is 469 g/mol. The van der Waals surface area contributed by atoms with Crippen LogP contribution in [0.15, 0.2) is 0 Å². The highest BCUT2D eigenvalue weighted by Gasteiger charge is 2.41. The maximum absolute atomic E-state index is 12.1. The zero-order valence-corrected chi connectivity index (χ0v) is 21.3. The summed E-state index contributed by atoms with van der Waals surface area (Å²) < 4.78 is 34.4. The lowest BCUT2D eigenvalue weighted by Gasteiger charge is -2.28. The SMILES string of the molecule is CCO[Si](CCNC(=O)C(=O)NCC[Si](OCC)(OCC)OCC)(OCC)OCC. The van der Waals surface area contributed by atoms with Crippen LogP contribution in [0.3, 0.4) is 0 Å². The van der Waals surface area contributed by atoms with Crippen molar-refractivity contribution in [2.45, 2.75) is 53.6 Å². The molecule has 0 bridgehead atoms. The summed E-state index contributed by atoms with van der Waals surface area (Å²) >= 11 is 0. The first kappa shape index (κ1) is 29.1. The standard InChI is InChI=1S/C18H40N2O8Si2/c1-7-23-29(24-8-2,25-9-3)15-13-19-17(21)18(22)20-14-16-30(26-10-4,27-11-5)28-12-6/h7-16H2,1-6H3,(H,19,21)(H,20,22). The van der Waals surface area contributed by atoms with Gasteiger partial charge in [0.1, 0.15) is 0 Å². The summed E-state index contributed by atoms with van der Waals surface area (Å²) in [5.74, 6) is -1.45. The monoisotopic (exact) mass is 468 g/mol. The van der Waals surface area contributed by atoms with Gasteiger partial charge in [0, 0.05) is 64.8 Å². The molecule has 0 unspecified atom stereocenters. The second kappa shape index (κ2) is 16.8. The van der Waals surface area contributed by atoms with Gasteiger partial charge in [-0.2, -0.15) is 0 Å². The van der Waals surface area contributed by atoms with E-state index in [1.54, 1.807) is 0 Å². The molecular weight excluding hydrogens is 428 g/mol. The molecule has 0 rings (SSSR count). The average Bonchev–Trinajstić information content (AvgIpc) is 2.69. The second-order valence-electron chi connectivity index (χ2n) is 5.98. The summed E-state index contributed by atoms with van der Waals surface area (Å²) in [4.78, 5) is 24.2. The molecule has 0 radical (unpaired) electrons. The predicted molar refractivity (Wildman–Crippen MR) is 117 cm³/mol. The Morgan fingerprint density at radius 2 is 0.767 bits per heavy atom. The van der Waals surface area contributed by atoms with Crippen molar-refractivity contribution >= 4 is 29.4 Å². The van der Waals surface area contributed by atoms with E-state index in [0.717, 1.165) is 0 Å². The zero-order chi connectivity index (χ0) is 22.9. The third-order valence-electron chi connectivity index (χ3n) is 3.83. The van der Waals surface area contributed by atoms with Gasteiger partial charge in [0.2, 0.25) is 0 Å². The van der Waals surface area contributed by atoms with Gasteiger partial charge < -0.3 is 37.2 Å². The van der Waals surface area contributed by atoms with E-state index in [-0.39, 0.29) is 13.1 Å². The highest BCUT2D eigenvalue weighted by molar-refractivity contribution is 6.61. The number of hydrogen-bond donors (Lipinski definition) is 2. The van der Waals surface area contributed by atoms with Crippen molar-refractivity contribution in [2.24, 2.45) is 0 Å². The number of carbonyl (C=O) groups is 2. The molecule has 12 heteroatoms. The first-order valence-corrected chi connectivity index (χ1v) is 14.6. The van der Waals surface area contributed by atoms with Gasteiger partial charge in [-0.25, -0.2) is 0 Å². The van der Waals surface area contributed by atoms with E-state index in [1.807, 2.05) is 41.5 Å². The van der Waals surface area contributed by atoms with Crippen LogP contribution in [-0.2, 0) is 36.1 Å². The van der Waals surface area contributed by atoms with E-state index < -0.39 is 29.4 Å². The van der Waals surface area contributed by atoms with E-state index in [2.05, 4.69) is 10.6 Å². The minimum Gasteiger partial charge on any atom is -0.374 e. The molecule has 0 aromatic carbocycles. The molecule has 0 saturated heterocycles. The quantitative estimate of drug-likeness (QED) is 0.229. The molecule has 0 fully saturated rings. The van der Waals surface area contributed by atoms with Crippen LogP contribution in [0, 0.1) is 0 Å². The third kappa shape index (κ3) is 11.0. The fourth-order valence-electron chi connectivity index (χ4n) is 2.82. The Morgan fingerprint density at radius 3 is 0.967 bits per heavy atom. The third-order valence-corrected chi connectivity index (χ3v) is 9.92. The van der Waals surface area contributed by atoms with Crippen molar-refractivity contribution in [1.82, 2.24) is 10.6 Å². The number of hydrogen-bond acceptors (Lipinski definition) is 8.